The predicted molar refractivity (Wildman–Crippen MR) is 136 cm³/mol. The zero-order valence-corrected chi connectivity index (χ0v) is 20.5. The fourth-order valence-electron chi connectivity index (χ4n) is 5.35. The number of aryl methyl sites for hydroxylation is 1. The fourth-order valence-corrected chi connectivity index (χ4v) is 5.35. The normalized spacial score (nSPS) is 18.1. The van der Waals surface area contributed by atoms with Gasteiger partial charge in [0, 0.05) is 30.3 Å². The first-order chi connectivity index (χ1) is 16.9. The van der Waals surface area contributed by atoms with Crippen molar-refractivity contribution in [3.63, 3.8) is 0 Å². The molecule has 35 heavy (non-hydrogen) atoms. The van der Waals surface area contributed by atoms with E-state index in [9.17, 15) is 9.59 Å². The molecule has 2 heterocycles. The van der Waals surface area contributed by atoms with Crippen LogP contribution >= 0.6 is 0 Å². The molecule has 0 radical (unpaired) electrons. The number of carbonyl (C=O) groups excluding carboxylic acids is 2. The van der Waals surface area contributed by atoms with Crippen molar-refractivity contribution in [1.82, 2.24) is 20.4 Å². The predicted octanol–water partition coefficient (Wildman–Crippen LogP) is 2.43. The highest BCUT2D eigenvalue weighted by Gasteiger charge is 2.31. The van der Waals surface area contributed by atoms with E-state index in [2.05, 4.69) is 45.6 Å². The molecule has 1 saturated heterocycles. The number of aromatic amines is 1. The minimum Gasteiger partial charge on any atom is -0.370 e. The van der Waals surface area contributed by atoms with Gasteiger partial charge in [-0.05, 0) is 50.2 Å². The SMILES string of the molecule is Cc1ccccc1-c1cc(C2CCN(C(=O)CNC(=O)[C@H](N=C(N)N)C3CCCCC3)CC2)[nH]n1. The van der Waals surface area contributed by atoms with E-state index >= 15 is 0 Å². The Morgan fingerprint density at radius 1 is 1.14 bits per heavy atom. The molecule has 1 aromatic carbocycles. The highest BCUT2D eigenvalue weighted by molar-refractivity contribution is 5.89. The van der Waals surface area contributed by atoms with E-state index in [4.69, 9.17) is 11.5 Å². The first-order valence-corrected chi connectivity index (χ1v) is 12.7. The zero-order chi connectivity index (χ0) is 24.8. The van der Waals surface area contributed by atoms with Gasteiger partial charge in [-0.1, -0.05) is 43.5 Å². The summed E-state index contributed by atoms with van der Waals surface area (Å²) in [5, 5.41) is 10.5. The van der Waals surface area contributed by atoms with Gasteiger partial charge in [-0.2, -0.15) is 5.10 Å². The van der Waals surface area contributed by atoms with Crippen molar-refractivity contribution in [2.45, 2.75) is 63.8 Å². The van der Waals surface area contributed by atoms with Gasteiger partial charge in [-0.25, -0.2) is 4.99 Å². The molecule has 1 atom stereocenters. The summed E-state index contributed by atoms with van der Waals surface area (Å²) in [4.78, 5) is 31.6. The van der Waals surface area contributed by atoms with Crippen LogP contribution in [-0.4, -0.2) is 58.5 Å². The molecule has 188 valence electrons. The standard InChI is InChI=1S/C26H37N7O2/c1-17-7-5-6-10-20(17)22-15-21(31-32-22)18-11-13-33(14-12-18)23(34)16-29-25(35)24(30-26(27)28)19-8-3-2-4-9-19/h5-7,10,15,18-19,24H,2-4,8-9,11-14,16H2,1H3,(H,29,35)(H,31,32)(H4,27,28,30)/t24-/m1/s1. The molecule has 9 heteroatoms. The summed E-state index contributed by atoms with van der Waals surface area (Å²) < 4.78 is 0. The summed E-state index contributed by atoms with van der Waals surface area (Å²) in [5.74, 6) is 0.0180. The molecule has 1 saturated carbocycles. The lowest BCUT2D eigenvalue weighted by Crippen LogP contribution is -2.47. The Kier molecular flexibility index (Phi) is 8.05. The number of amides is 2. The molecule has 9 nitrogen and oxygen atoms in total. The third-order valence-electron chi connectivity index (χ3n) is 7.37. The van der Waals surface area contributed by atoms with E-state index in [0.29, 0.717) is 19.0 Å². The van der Waals surface area contributed by atoms with Gasteiger partial charge >= 0.3 is 0 Å². The fraction of sp³-hybridized carbons (Fsp3) is 0.538. The Morgan fingerprint density at radius 2 is 1.86 bits per heavy atom. The third kappa shape index (κ3) is 6.21. The van der Waals surface area contributed by atoms with Crippen LogP contribution in [-0.2, 0) is 9.59 Å². The summed E-state index contributed by atoms with van der Waals surface area (Å²) in [5.41, 5.74) is 15.5. The van der Waals surface area contributed by atoms with Crippen LogP contribution < -0.4 is 16.8 Å². The number of likely N-dealkylation sites (tertiary alicyclic amines) is 1. The maximum absolute atomic E-state index is 12.8. The van der Waals surface area contributed by atoms with Gasteiger partial charge < -0.3 is 21.7 Å². The Hall–Kier alpha value is -3.36. The highest BCUT2D eigenvalue weighted by atomic mass is 16.2. The van der Waals surface area contributed by atoms with Crippen molar-refractivity contribution in [3.05, 3.63) is 41.6 Å². The second-order valence-electron chi connectivity index (χ2n) is 9.79. The van der Waals surface area contributed by atoms with Gasteiger partial charge in [-0.3, -0.25) is 14.7 Å². The lowest BCUT2D eigenvalue weighted by molar-refractivity contribution is -0.134. The number of benzene rings is 1. The van der Waals surface area contributed by atoms with Gasteiger partial charge in [-0.15, -0.1) is 0 Å². The number of H-pyrrole nitrogens is 1. The maximum Gasteiger partial charge on any atom is 0.245 e. The molecule has 4 rings (SSSR count). The molecule has 1 aliphatic carbocycles. The van der Waals surface area contributed by atoms with Crippen molar-refractivity contribution in [2.75, 3.05) is 19.6 Å². The summed E-state index contributed by atoms with van der Waals surface area (Å²) in [6.07, 6.45) is 6.88. The Bertz CT molecular complexity index is 1050. The van der Waals surface area contributed by atoms with Crippen LogP contribution in [0.1, 0.15) is 62.1 Å². The first-order valence-electron chi connectivity index (χ1n) is 12.7. The summed E-state index contributed by atoms with van der Waals surface area (Å²) in [6.45, 7) is 3.35. The van der Waals surface area contributed by atoms with E-state index in [1.54, 1.807) is 0 Å². The molecule has 2 amide bonds. The minimum absolute atomic E-state index is 0.0335. The molecular weight excluding hydrogens is 442 g/mol. The molecule has 0 spiro atoms. The van der Waals surface area contributed by atoms with Gasteiger partial charge in [0.25, 0.3) is 0 Å². The highest BCUT2D eigenvalue weighted by Crippen LogP contribution is 2.31. The quantitative estimate of drug-likeness (QED) is 0.356. The molecule has 0 bridgehead atoms. The molecular formula is C26H37N7O2. The van der Waals surface area contributed by atoms with E-state index in [1.165, 1.54) is 12.0 Å². The first kappa shape index (κ1) is 24.8. The van der Waals surface area contributed by atoms with Crippen LogP contribution in [0.5, 0.6) is 0 Å². The van der Waals surface area contributed by atoms with Crippen LogP contribution in [0.15, 0.2) is 35.3 Å². The Balaban J connectivity index is 1.28. The molecule has 0 unspecified atom stereocenters. The van der Waals surface area contributed by atoms with Gasteiger partial charge in [0.05, 0.1) is 12.2 Å². The molecule has 2 aromatic rings. The van der Waals surface area contributed by atoms with Crippen molar-refractivity contribution in [2.24, 2.45) is 22.4 Å². The Labute approximate surface area is 206 Å². The van der Waals surface area contributed by atoms with Crippen molar-refractivity contribution in [1.29, 1.82) is 0 Å². The van der Waals surface area contributed by atoms with Crippen molar-refractivity contribution < 1.29 is 9.59 Å². The van der Waals surface area contributed by atoms with Gasteiger partial charge in [0.15, 0.2) is 5.96 Å². The lowest BCUT2D eigenvalue weighted by atomic mass is 9.83. The molecule has 6 N–H and O–H groups in total. The average molecular weight is 480 g/mol. The largest absolute Gasteiger partial charge is 0.370 e. The average Bonchev–Trinajstić information content (AvgIpc) is 3.36. The lowest BCUT2D eigenvalue weighted by Gasteiger charge is -2.32. The van der Waals surface area contributed by atoms with Gasteiger partial charge in [0.1, 0.15) is 6.04 Å². The topological polar surface area (TPSA) is 142 Å². The van der Waals surface area contributed by atoms with Crippen LogP contribution in [0.3, 0.4) is 0 Å². The number of aliphatic imine (C=N–C) groups is 1. The minimum atomic E-state index is -0.623. The van der Waals surface area contributed by atoms with Crippen LogP contribution in [0, 0.1) is 12.8 Å². The number of rotatable bonds is 7. The van der Waals surface area contributed by atoms with E-state index < -0.39 is 6.04 Å². The van der Waals surface area contributed by atoms with Crippen LogP contribution in [0.25, 0.3) is 11.3 Å². The van der Waals surface area contributed by atoms with E-state index in [-0.39, 0.29) is 30.2 Å². The summed E-state index contributed by atoms with van der Waals surface area (Å²) in [7, 11) is 0. The van der Waals surface area contributed by atoms with Crippen LogP contribution in [0.2, 0.25) is 0 Å². The molecule has 1 aliphatic heterocycles. The number of piperidine rings is 1. The second-order valence-corrected chi connectivity index (χ2v) is 9.79. The van der Waals surface area contributed by atoms with Crippen molar-refractivity contribution in [3.8, 4) is 11.3 Å². The molecule has 2 fully saturated rings. The van der Waals surface area contributed by atoms with Crippen LogP contribution in [0.4, 0.5) is 0 Å². The molecule has 1 aromatic heterocycles. The number of nitrogens with two attached hydrogens (primary N) is 2. The number of carbonyl (C=O) groups is 2. The summed E-state index contributed by atoms with van der Waals surface area (Å²) >= 11 is 0. The summed E-state index contributed by atoms with van der Waals surface area (Å²) in [6, 6.07) is 9.71. The Morgan fingerprint density at radius 3 is 2.54 bits per heavy atom. The number of guanidine groups is 1. The third-order valence-corrected chi connectivity index (χ3v) is 7.37. The number of nitrogens with zero attached hydrogens (tertiary/aromatic N) is 3. The molecule has 2 aliphatic rings. The number of aromatic nitrogens is 2. The number of nitrogens with one attached hydrogen (secondary N) is 2. The zero-order valence-electron chi connectivity index (χ0n) is 20.5. The van der Waals surface area contributed by atoms with Crippen molar-refractivity contribution >= 4 is 17.8 Å². The smallest absolute Gasteiger partial charge is 0.245 e. The maximum atomic E-state index is 12.8. The number of hydrogen-bond donors (Lipinski definition) is 4. The van der Waals surface area contributed by atoms with Gasteiger partial charge in [0.2, 0.25) is 11.8 Å². The van der Waals surface area contributed by atoms with E-state index in [1.807, 2.05) is 17.0 Å². The monoisotopic (exact) mass is 479 g/mol. The van der Waals surface area contributed by atoms with E-state index in [0.717, 1.165) is 55.5 Å². The second kappa shape index (κ2) is 11.4. The number of hydrogen-bond acceptors (Lipinski definition) is 4.